The molecule has 0 amide bonds. The van der Waals surface area contributed by atoms with Crippen LogP contribution in [0.3, 0.4) is 0 Å². The van der Waals surface area contributed by atoms with Gasteiger partial charge in [-0.25, -0.2) is 9.78 Å². The van der Waals surface area contributed by atoms with Crippen LogP contribution in [0.15, 0.2) is 18.5 Å². The van der Waals surface area contributed by atoms with Crippen molar-refractivity contribution in [1.29, 1.82) is 0 Å². The third-order valence-corrected chi connectivity index (χ3v) is 2.37. The highest BCUT2D eigenvalue weighted by Gasteiger charge is 2.16. The van der Waals surface area contributed by atoms with Crippen molar-refractivity contribution in [3.8, 4) is 5.82 Å². The van der Waals surface area contributed by atoms with Gasteiger partial charge in [-0.15, -0.1) is 9.90 Å². The van der Waals surface area contributed by atoms with E-state index in [9.17, 15) is 14.9 Å². The van der Waals surface area contributed by atoms with Crippen LogP contribution in [0.1, 0.15) is 10.5 Å². The van der Waals surface area contributed by atoms with Crippen LogP contribution in [-0.4, -0.2) is 38.0 Å². The molecule has 19 heavy (non-hydrogen) atoms. The summed E-state index contributed by atoms with van der Waals surface area (Å²) in [5.41, 5.74) is -0.284. The van der Waals surface area contributed by atoms with Gasteiger partial charge in [-0.05, 0) is 0 Å². The van der Waals surface area contributed by atoms with Crippen LogP contribution in [0.25, 0.3) is 5.82 Å². The lowest BCUT2D eigenvalue weighted by Crippen LogP contribution is -2.06. The number of hydrogen-bond acceptors (Lipinski definition) is 7. The number of nitrogens with zero attached hydrogens (tertiary/aromatic N) is 5. The average molecular weight is 284 g/mol. The molecule has 0 aliphatic carbocycles. The topological polar surface area (TPSA) is 113 Å². The molecule has 0 fully saturated rings. The summed E-state index contributed by atoms with van der Waals surface area (Å²) >= 11 is 5.85. The molecule has 0 saturated heterocycles. The van der Waals surface area contributed by atoms with Crippen LogP contribution in [0.4, 0.5) is 5.69 Å². The molecule has 10 heteroatoms. The molecule has 2 aromatic heterocycles. The Hall–Kier alpha value is -2.55. The monoisotopic (exact) mass is 283 g/mol. The van der Waals surface area contributed by atoms with Gasteiger partial charge in [-0.1, -0.05) is 11.6 Å². The molecule has 0 saturated carbocycles. The molecular weight excluding hydrogens is 278 g/mol. The van der Waals surface area contributed by atoms with E-state index in [0.29, 0.717) is 0 Å². The number of hydrogen-bond donors (Lipinski definition) is 0. The van der Waals surface area contributed by atoms with Crippen molar-refractivity contribution >= 4 is 23.3 Å². The summed E-state index contributed by atoms with van der Waals surface area (Å²) in [5.74, 6) is -0.591. The van der Waals surface area contributed by atoms with Crippen molar-refractivity contribution in [3.05, 3.63) is 39.3 Å². The molecule has 0 aliphatic rings. The van der Waals surface area contributed by atoms with E-state index in [4.69, 9.17) is 11.6 Å². The average Bonchev–Trinajstić information content (AvgIpc) is 2.87. The molecule has 9 nitrogen and oxygen atoms in total. The summed E-state index contributed by atoms with van der Waals surface area (Å²) in [6.45, 7) is 0. The van der Waals surface area contributed by atoms with Gasteiger partial charge in [0.15, 0.2) is 11.5 Å². The zero-order chi connectivity index (χ0) is 14.0. The van der Waals surface area contributed by atoms with Crippen LogP contribution >= 0.6 is 11.6 Å². The van der Waals surface area contributed by atoms with Crippen LogP contribution < -0.4 is 0 Å². The lowest BCUT2D eigenvalue weighted by Gasteiger charge is -2.00. The number of methoxy groups -OCH3 is 1. The van der Waals surface area contributed by atoms with Gasteiger partial charge < -0.3 is 4.74 Å². The Labute approximate surface area is 110 Å². The summed E-state index contributed by atoms with van der Waals surface area (Å²) in [6, 6.07) is 1.12. The molecule has 0 N–H and O–H groups in total. The first kappa shape index (κ1) is 12.9. The number of carbonyl (C=O) groups is 1. The fourth-order valence-corrected chi connectivity index (χ4v) is 1.47. The van der Waals surface area contributed by atoms with E-state index in [-0.39, 0.29) is 22.2 Å². The van der Waals surface area contributed by atoms with Gasteiger partial charge in [-0.2, -0.15) is 5.10 Å². The Morgan fingerprint density at radius 2 is 2.26 bits per heavy atom. The Morgan fingerprint density at radius 3 is 2.84 bits per heavy atom. The second-order valence-corrected chi connectivity index (χ2v) is 3.67. The minimum atomic E-state index is -0.663. The maximum atomic E-state index is 11.2. The largest absolute Gasteiger partial charge is 0.464 e. The fraction of sp³-hybridized carbons (Fsp3) is 0.111. The molecule has 0 unspecified atom stereocenters. The first-order valence-corrected chi connectivity index (χ1v) is 5.21. The second kappa shape index (κ2) is 4.98. The van der Waals surface area contributed by atoms with Crippen LogP contribution in [0, 0.1) is 10.1 Å². The summed E-state index contributed by atoms with van der Waals surface area (Å²) in [6.07, 6.45) is 2.19. The molecule has 0 aliphatic heterocycles. The van der Waals surface area contributed by atoms with Crippen LogP contribution in [0.2, 0.25) is 5.02 Å². The number of nitro groups is 1. The SMILES string of the molecule is COC(=O)c1cnn(-c2ncc([N+](=O)[O-])cc2Cl)n1. The van der Waals surface area contributed by atoms with E-state index in [2.05, 4.69) is 19.9 Å². The molecule has 2 aromatic rings. The number of aromatic nitrogens is 4. The smallest absolute Gasteiger partial charge is 0.360 e. The summed E-state index contributed by atoms with van der Waals surface area (Å²) in [4.78, 5) is 25.9. The maximum absolute atomic E-state index is 11.2. The van der Waals surface area contributed by atoms with Gasteiger partial charge in [0.2, 0.25) is 0 Å². The Balaban J connectivity index is 2.39. The predicted octanol–water partition coefficient (Wildman–Crippen LogP) is 1.01. The van der Waals surface area contributed by atoms with E-state index in [0.717, 1.165) is 17.1 Å². The third-order valence-electron chi connectivity index (χ3n) is 2.09. The minimum absolute atomic E-state index is 0.0128. The van der Waals surface area contributed by atoms with Crippen molar-refractivity contribution in [3.63, 3.8) is 0 Å². The molecule has 0 atom stereocenters. The quantitative estimate of drug-likeness (QED) is 0.469. The van der Waals surface area contributed by atoms with Gasteiger partial charge in [0.1, 0.15) is 6.20 Å². The maximum Gasteiger partial charge on any atom is 0.360 e. The van der Waals surface area contributed by atoms with E-state index in [1.54, 1.807) is 0 Å². The van der Waals surface area contributed by atoms with Gasteiger partial charge in [0.05, 0.1) is 23.3 Å². The van der Waals surface area contributed by atoms with Crippen molar-refractivity contribution < 1.29 is 14.5 Å². The van der Waals surface area contributed by atoms with Crippen LogP contribution in [0.5, 0.6) is 0 Å². The lowest BCUT2D eigenvalue weighted by atomic mass is 10.4. The molecule has 0 spiro atoms. The molecule has 2 heterocycles. The highest BCUT2D eigenvalue weighted by molar-refractivity contribution is 6.32. The zero-order valence-corrected chi connectivity index (χ0v) is 10.2. The van der Waals surface area contributed by atoms with Gasteiger partial charge in [-0.3, -0.25) is 10.1 Å². The van der Waals surface area contributed by atoms with Crippen molar-refractivity contribution in [1.82, 2.24) is 20.0 Å². The fourth-order valence-electron chi connectivity index (χ4n) is 1.23. The summed E-state index contributed by atoms with van der Waals surface area (Å²) < 4.78 is 4.47. The molecule has 0 radical (unpaired) electrons. The van der Waals surface area contributed by atoms with E-state index in [1.165, 1.54) is 13.3 Å². The molecule has 2 rings (SSSR count). The molecule has 0 bridgehead atoms. The van der Waals surface area contributed by atoms with Crippen molar-refractivity contribution in [2.75, 3.05) is 7.11 Å². The number of ether oxygens (including phenoxy) is 1. The highest BCUT2D eigenvalue weighted by Crippen LogP contribution is 2.21. The minimum Gasteiger partial charge on any atom is -0.464 e. The summed E-state index contributed by atoms with van der Waals surface area (Å²) in [7, 11) is 1.21. The standard InChI is InChI=1S/C9H6ClN5O4/c1-19-9(16)7-4-12-14(13-7)8-6(10)2-5(3-11-8)15(17)18/h2-4H,1H3. The zero-order valence-electron chi connectivity index (χ0n) is 9.48. The normalized spacial score (nSPS) is 10.2. The van der Waals surface area contributed by atoms with Crippen molar-refractivity contribution in [2.24, 2.45) is 0 Å². The number of pyridine rings is 1. The Bertz CT molecular complexity index is 656. The van der Waals surface area contributed by atoms with Gasteiger partial charge >= 0.3 is 5.97 Å². The highest BCUT2D eigenvalue weighted by atomic mass is 35.5. The lowest BCUT2D eigenvalue weighted by molar-refractivity contribution is -0.385. The second-order valence-electron chi connectivity index (χ2n) is 3.27. The Kier molecular flexibility index (Phi) is 3.38. The van der Waals surface area contributed by atoms with E-state index < -0.39 is 10.9 Å². The molecule has 98 valence electrons. The number of halogens is 1. The van der Waals surface area contributed by atoms with Gasteiger partial charge in [0, 0.05) is 6.07 Å². The molecular formula is C9H6ClN5O4. The Morgan fingerprint density at radius 1 is 1.53 bits per heavy atom. The van der Waals surface area contributed by atoms with E-state index in [1.807, 2.05) is 0 Å². The number of carbonyl (C=O) groups excluding carboxylic acids is 1. The first-order chi connectivity index (χ1) is 9.02. The number of esters is 1. The molecule has 0 aromatic carbocycles. The van der Waals surface area contributed by atoms with Gasteiger partial charge in [0.25, 0.3) is 5.69 Å². The van der Waals surface area contributed by atoms with Crippen LogP contribution in [-0.2, 0) is 4.74 Å². The van der Waals surface area contributed by atoms with E-state index >= 15 is 0 Å². The number of rotatable bonds is 3. The summed E-state index contributed by atoms with van der Waals surface area (Å²) in [5, 5.41) is 18.1. The third kappa shape index (κ3) is 2.50. The predicted molar refractivity (Wildman–Crippen MR) is 62.2 cm³/mol. The first-order valence-electron chi connectivity index (χ1n) is 4.84. The van der Waals surface area contributed by atoms with Crippen molar-refractivity contribution in [2.45, 2.75) is 0 Å².